The van der Waals surface area contributed by atoms with Crippen molar-refractivity contribution >= 4 is 11.0 Å². The van der Waals surface area contributed by atoms with E-state index >= 15 is 0 Å². The molecule has 0 spiro atoms. The van der Waals surface area contributed by atoms with Gasteiger partial charge in [0, 0.05) is 96.2 Å². The van der Waals surface area contributed by atoms with Gasteiger partial charge in [0.1, 0.15) is 0 Å². The maximum atomic E-state index is 4.18. The molecule has 0 aliphatic heterocycles. The zero-order valence-corrected chi connectivity index (χ0v) is 21.4. The topological polar surface area (TPSA) is 43.6 Å². The van der Waals surface area contributed by atoms with Gasteiger partial charge in [-0.15, -0.1) is 0 Å². The molecule has 0 aliphatic carbocycles. The van der Waals surface area contributed by atoms with Crippen LogP contribution in [0.1, 0.15) is 12.6 Å². The summed E-state index contributed by atoms with van der Waals surface area (Å²) in [6, 6.07) is 0. The monoisotopic (exact) mass is 921 g/mol. The second-order valence-electron chi connectivity index (χ2n) is 3.14. The average Bonchev–Trinajstić information content (AvgIpc) is 2.47. The zero-order valence-electron chi connectivity index (χ0n) is 9.71. The van der Waals surface area contributed by atoms with Gasteiger partial charge in [0.25, 0.3) is 0 Å². The Labute approximate surface area is 164 Å². The molecule has 0 N–H and O–H groups in total. The minimum Gasteiger partial charge on any atom is -0.479 e. The third kappa shape index (κ3) is 5.91. The number of aromatic nitrogens is 4. The van der Waals surface area contributed by atoms with Crippen LogP contribution in [0, 0.1) is 26.0 Å². The first-order valence-corrected chi connectivity index (χ1v) is 4.19. The summed E-state index contributed by atoms with van der Waals surface area (Å²) in [5, 5.41) is 5.00. The van der Waals surface area contributed by atoms with E-state index in [4.69, 9.17) is 0 Å². The summed E-state index contributed by atoms with van der Waals surface area (Å²) in [6.45, 7) is 9.31. The Morgan fingerprint density at radius 3 is 2.33 bits per heavy atom. The first-order chi connectivity index (χ1) is 6.66. The predicted octanol–water partition coefficient (Wildman–Crippen LogP) is 1.31. The van der Waals surface area contributed by atoms with Crippen LogP contribution in [0.4, 0.5) is 0 Å². The molecule has 0 aliphatic rings. The molecule has 18 heavy (non-hydrogen) atoms. The second-order valence-corrected chi connectivity index (χ2v) is 3.14. The second kappa shape index (κ2) is 10.7. The maximum Gasteiger partial charge on any atom is 0.0419 e. The molecule has 0 atom stereocenters. The first-order valence-electron chi connectivity index (χ1n) is 4.19. The fourth-order valence-electron chi connectivity index (χ4n) is 1.14. The van der Waals surface area contributed by atoms with Crippen LogP contribution in [-0.4, -0.2) is 19.7 Å². The molecule has 0 amide bonds. The van der Waals surface area contributed by atoms with Crippen LogP contribution in [-0.2, 0) is 84.3 Å². The standard InChI is InChI=1S/C10H9N4.4W/c1-7(2)4-14-5-9-8(3)11-6-12-10(9)13-14;;;;/h4H,1H2,2-3H3;;;;/q-3;;;;. The molecule has 0 saturated carbocycles. The van der Waals surface area contributed by atoms with Gasteiger partial charge in [-0.1, -0.05) is 19.5 Å². The van der Waals surface area contributed by atoms with Gasteiger partial charge >= 0.3 is 0 Å². The number of hydrogen-bond donors (Lipinski definition) is 0. The average molecular weight is 921 g/mol. The Bertz CT molecular complexity index is 498. The summed E-state index contributed by atoms with van der Waals surface area (Å²) < 4.78 is 1.57. The number of fused-ring (bicyclic) bond motifs is 1. The molecule has 96 valence electrons. The third-order valence-corrected chi connectivity index (χ3v) is 1.73. The summed E-state index contributed by atoms with van der Waals surface area (Å²) in [4.78, 5) is 7.86. The quantitative estimate of drug-likeness (QED) is 0.428. The molecule has 0 bridgehead atoms. The number of rotatable bonds is 2. The van der Waals surface area contributed by atoms with Crippen LogP contribution >= 0.6 is 0 Å². The summed E-state index contributed by atoms with van der Waals surface area (Å²) in [6.07, 6.45) is 5.58. The van der Waals surface area contributed by atoms with Crippen LogP contribution < -0.4 is 0 Å². The Balaban J connectivity index is -0.000000562. The molecule has 0 aromatic carbocycles. The predicted molar refractivity (Wildman–Crippen MR) is 52.2 cm³/mol. The summed E-state index contributed by atoms with van der Waals surface area (Å²) in [5.41, 5.74) is 2.34. The van der Waals surface area contributed by atoms with Gasteiger partial charge in [-0.3, -0.25) is 17.3 Å². The number of allylic oxidation sites excluding steroid dienone is 1. The summed E-state index contributed by atoms with van der Waals surface area (Å²) in [5.74, 6) is 0. The fraction of sp³-hybridized carbons (Fsp3) is 0.200. The first kappa shape index (κ1) is 24.0. The van der Waals surface area contributed by atoms with Crippen LogP contribution in [0.25, 0.3) is 11.0 Å². The van der Waals surface area contributed by atoms with E-state index in [0.717, 1.165) is 16.7 Å². The van der Waals surface area contributed by atoms with Crippen molar-refractivity contribution < 1.29 is 84.3 Å². The molecule has 4 nitrogen and oxygen atoms in total. The van der Waals surface area contributed by atoms with Crippen molar-refractivity contribution in [2.75, 3.05) is 0 Å². The summed E-state index contributed by atoms with van der Waals surface area (Å²) in [7, 11) is 0. The van der Waals surface area contributed by atoms with Gasteiger partial charge in [0.05, 0.1) is 0 Å². The van der Waals surface area contributed by atoms with Crippen LogP contribution in [0.2, 0.25) is 0 Å². The normalized spacial score (nSPS) is 8.11. The molecule has 0 fully saturated rings. The van der Waals surface area contributed by atoms with Crippen molar-refractivity contribution in [2.45, 2.75) is 13.8 Å². The van der Waals surface area contributed by atoms with Gasteiger partial charge in [-0.2, -0.15) is 11.9 Å². The minimum absolute atomic E-state index is 0. The molecule has 2 aromatic heterocycles. The molecule has 0 radical (unpaired) electrons. The molecule has 2 rings (SSSR count). The van der Waals surface area contributed by atoms with E-state index in [1.165, 1.54) is 0 Å². The molecular weight excluding hydrogens is 911 g/mol. The van der Waals surface area contributed by atoms with Crippen LogP contribution in [0.5, 0.6) is 0 Å². The number of hydrogen-bond acceptors (Lipinski definition) is 3. The Morgan fingerprint density at radius 2 is 1.83 bits per heavy atom. The third-order valence-electron chi connectivity index (χ3n) is 1.73. The molecule has 0 saturated heterocycles. The van der Waals surface area contributed by atoms with Crippen molar-refractivity contribution in [3.05, 3.63) is 36.9 Å². The van der Waals surface area contributed by atoms with Crippen molar-refractivity contribution in [1.29, 1.82) is 0 Å². The summed E-state index contributed by atoms with van der Waals surface area (Å²) >= 11 is 0. The Hall–Kier alpha value is 0.913. The van der Waals surface area contributed by atoms with Gasteiger partial charge in [-0.25, -0.2) is 6.20 Å². The van der Waals surface area contributed by atoms with Crippen molar-refractivity contribution in [3.8, 4) is 0 Å². The number of aryl methyl sites for hydroxylation is 1. The van der Waals surface area contributed by atoms with Gasteiger partial charge in [-0.05, 0) is 0 Å². The Kier molecular flexibility index (Phi) is 14.2. The van der Waals surface area contributed by atoms with Crippen molar-refractivity contribution in [1.82, 2.24) is 19.7 Å². The molecule has 2 heterocycles. The van der Waals surface area contributed by atoms with Crippen LogP contribution in [0.15, 0.2) is 12.2 Å². The van der Waals surface area contributed by atoms with Gasteiger partial charge in [0.2, 0.25) is 0 Å². The maximum absolute atomic E-state index is 4.18. The van der Waals surface area contributed by atoms with Crippen molar-refractivity contribution in [2.24, 2.45) is 0 Å². The van der Waals surface area contributed by atoms with E-state index in [1.807, 2.05) is 13.8 Å². The molecule has 8 heteroatoms. The van der Waals surface area contributed by atoms with Gasteiger partial charge < -0.3 is 14.6 Å². The number of nitrogens with zero attached hydrogens (tertiary/aromatic N) is 4. The minimum atomic E-state index is 0. The molecular formula is C10H9N4W4-3. The smallest absolute Gasteiger partial charge is 0.0419 e. The largest absolute Gasteiger partial charge is 0.479 e. The fourth-order valence-corrected chi connectivity index (χ4v) is 1.14. The van der Waals surface area contributed by atoms with Crippen molar-refractivity contribution in [3.63, 3.8) is 0 Å². The van der Waals surface area contributed by atoms with E-state index in [1.54, 1.807) is 11.2 Å². The van der Waals surface area contributed by atoms with E-state index in [9.17, 15) is 0 Å². The van der Waals surface area contributed by atoms with E-state index in [-0.39, 0.29) is 84.3 Å². The SMILES string of the molecule is C=C(C)[CH-]n1[c-]c2c(C)n[c-]nc2n1.[W].[W].[W].[W]. The van der Waals surface area contributed by atoms with E-state index < -0.39 is 0 Å². The van der Waals surface area contributed by atoms with E-state index in [0.29, 0.717) is 5.65 Å². The molecule has 0 unspecified atom stereocenters. The zero-order chi connectivity index (χ0) is 10.1. The van der Waals surface area contributed by atoms with Gasteiger partial charge in [0.15, 0.2) is 0 Å². The van der Waals surface area contributed by atoms with Crippen LogP contribution in [0.3, 0.4) is 0 Å². The molecule has 2 aromatic rings. The van der Waals surface area contributed by atoms with E-state index in [2.05, 4.69) is 34.2 Å². The Morgan fingerprint density at radius 1 is 1.22 bits per heavy atom.